The number of ether oxygens (including phenoxy) is 1. The van der Waals surface area contributed by atoms with Gasteiger partial charge in [0.05, 0.1) is 17.9 Å². The monoisotopic (exact) mass is 331 g/mol. The van der Waals surface area contributed by atoms with Gasteiger partial charge in [0.2, 0.25) is 0 Å². The smallest absolute Gasteiger partial charge is 0.335 e. The highest BCUT2D eigenvalue weighted by Gasteiger charge is 2.12. The number of nitrogens with one attached hydrogen (secondary N) is 1. The van der Waals surface area contributed by atoms with Crippen molar-refractivity contribution in [3.63, 3.8) is 0 Å². The number of aryl methyl sites for hydroxylation is 1. The van der Waals surface area contributed by atoms with Crippen molar-refractivity contribution >= 4 is 23.3 Å². The quantitative estimate of drug-likeness (QED) is 0.815. The van der Waals surface area contributed by atoms with Crippen molar-refractivity contribution < 1.29 is 14.6 Å². The maximum absolute atomic E-state index is 11.2. The van der Waals surface area contributed by atoms with Gasteiger partial charge in [0.15, 0.2) is 0 Å². The fourth-order valence-corrected chi connectivity index (χ4v) is 2.91. The van der Waals surface area contributed by atoms with Crippen LogP contribution in [0.25, 0.3) is 0 Å². The normalized spacial score (nSPS) is 14.5. The van der Waals surface area contributed by atoms with Crippen LogP contribution < -0.4 is 10.1 Å². The molecule has 2 aromatic rings. The molecule has 0 amide bonds. The highest BCUT2D eigenvalue weighted by Crippen LogP contribution is 2.28. The molecule has 1 aliphatic heterocycles. The molecule has 0 unspecified atom stereocenters. The third-order valence-corrected chi connectivity index (χ3v) is 4.20. The molecule has 0 saturated heterocycles. The Kier molecular flexibility index (Phi) is 4.72. The van der Waals surface area contributed by atoms with Gasteiger partial charge < -0.3 is 15.2 Å². The Morgan fingerprint density at radius 1 is 1.13 bits per heavy atom. The van der Waals surface area contributed by atoms with Crippen LogP contribution in [0.2, 0.25) is 5.02 Å². The molecule has 1 aliphatic rings. The fraction of sp³-hybridized carbons (Fsp3) is 0.278. The van der Waals surface area contributed by atoms with E-state index in [9.17, 15) is 4.79 Å². The van der Waals surface area contributed by atoms with Gasteiger partial charge in [0.1, 0.15) is 5.75 Å². The number of carboxylic acids is 1. The van der Waals surface area contributed by atoms with Crippen LogP contribution in [0, 0.1) is 0 Å². The number of hydrogen-bond acceptors (Lipinski definition) is 3. The van der Waals surface area contributed by atoms with Gasteiger partial charge in [-0.2, -0.15) is 0 Å². The minimum absolute atomic E-state index is 0.242. The molecule has 1 heterocycles. The predicted octanol–water partition coefficient (Wildman–Crippen LogP) is 4.37. The summed E-state index contributed by atoms with van der Waals surface area (Å²) in [6, 6.07) is 10.8. The zero-order chi connectivity index (χ0) is 16.2. The number of fused-ring (bicyclic) bond motifs is 2. The van der Waals surface area contributed by atoms with Gasteiger partial charge in [-0.25, -0.2) is 4.79 Å². The summed E-state index contributed by atoms with van der Waals surface area (Å²) >= 11 is 6.10. The fourth-order valence-electron chi connectivity index (χ4n) is 2.72. The SMILES string of the molecule is O=C(O)c1ccc2c(c1)NCc1ccc(Cl)cc1CCCCO2. The van der Waals surface area contributed by atoms with E-state index in [1.165, 1.54) is 11.1 Å². The first-order valence-electron chi connectivity index (χ1n) is 7.65. The molecular formula is C18H18ClNO3. The van der Waals surface area contributed by atoms with Gasteiger partial charge in [0.25, 0.3) is 0 Å². The van der Waals surface area contributed by atoms with Crippen LogP contribution in [0.4, 0.5) is 5.69 Å². The molecule has 0 bridgehead atoms. The Morgan fingerprint density at radius 3 is 2.83 bits per heavy atom. The van der Waals surface area contributed by atoms with E-state index in [2.05, 4.69) is 5.32 Å². The van der Waals surface area contributed by atoms with Crippen LogP contribution in [0.5, 0.6) is 5.75 Å². The lowest BCUT2D eigenvalue weighted by Gasteiger charge is -2.14. The lowest BCUT2D eigenvalue weighted by Crippen LogP contribution is -2.06. The van der Waals surface area contributed by atoms with Gasteiger partial charge >= 0.3 is 5.97 Å². The number of carboxylic acid groups (broad SMARTS) is 1. The highest BCUT2D eigenvalue weighted by atomic mass is 35.5. The molecule has 2 N–H and O–H groups in total. The van der Waals surface area contributed by atoms with Crippen LogP contribution in [-0.4, -0.2) is 17.7 Å². The number of rotatable bonds is 1. The van der Waals surface area contributed by atoms with E-state index in [4.69, 9.17) is 21.4 Å². The second kappa shape index (κ2) is 6.92. The number of carbonyl (C=O) groups is 1. The van der Waals surface area contributed by atoms with Crippen molar-refractivity contribution in [3.05, 3.63) is 58.1 Å². The van der Waals surface area contributed by atoms with Crippen molar-refractivity contribution in [2.75, 3.05) is 11.9 Å². The summed E-state index contributed by atoms with van der Waals surface area (Å²) < 4.78 is 5.80. The Bertz CT molecular complexity index is 730. The molecule has 0 fully saturated rings. The summed E-state index contributed by atoms with van der Waals surface area (Å²) in [6.45, 7) is 1.21. The standard InChI is InChI=1S/C18H18ClNO3/c19-15-6-4-14-11-20-16-10-13(18(21)22)5-7-17(16)23-8-2-1-3-12(14)9-15/h4-7,9-10,20H,1-3,8,11H2,(H,21,22). The van der Waals surface area contributed by atoms with Gasteiger partial charge in [-0.3, -0.25) is 0 Å². The molecule has 2 aromatic carbocycles. The van der Waals surface area contributed by atoms with E-state index < -0.39 is 5.97 Å². The average molecular weight is 332 g/mol. The zero-order valence-corrected chi connectivity index (χ0v) is 13.4. The van der Waals surface area contributed by atoms with E-state index in [-0.39, 0.29) is 5.56 Å². The van der Waals surface area contributed by atoms with Gasteiger partial charge in [0, 0.05) is 11.6 Å². The van der Waals surface area contributed by atoms with Gasteiger partial charge in [-0.15, -0.1) is 0 Å². The van der Waals surface area contributed by atoms with Crippen LogP contribution in [0.15, 0.2) is 36.4 Å². The molecule has 0 atom stereocenters. The Morgan fingerprint density at radius 2 is 2.00 bits per heavy atom. The second-order valence-corrected chi connectivity index (χ2v) is 6.02. The molecule has 5 heteroatoms. The Hall–Kier alpha value is -2.20. The van der Waals surface area contributed by atoms with Crippen LogP contribution in [0.1, 0.15) is 34.3 Å². The second-order valence-electron chi connectivity index (χ2n) is 5.59. The van der Waals surface area contributed by atoms with Gasteiger partial charge in [-0.1, -0.05) is 17.7 Å². The van der Waals surface area contributed by atoms with Crippen molar-refractivity contribution in [2.45, 2.75) is 25.8 Å². The number of aromatic carboxylic acids is 1. The Balaban J connectivity index is 1.93. The predicted molar refractivity (Wildman–Crippen MR) is 90.6 cm³/mol. The summed E-state index contributed by atoms with van der Waals surface area (Å²) in [4.78, 5) is 11.2. The van der Waals surface area contributed by atoms with E-state index >= 15 is 0 Å². The number of benzene rings is 2. The Labute approximate surface area is 140 Å². The number of anilines is 1. The lowest BCUT2D eigenvalue weighted by atomic mass is 10.0. The zero-order valence-electron chi connectivity index (χ0n) is 12.6. The van der Waals surface area contributed by atoms with Crippen LogP contribution >= 0.6 is 11.6 Å². The van der Waals surface area contributed by atoms with Gasteiger partial charge in [-0.05, 0) is 60.7 Å². The molecular weight excluding hydrogens is 314 g/mol. The lowest BCUT2D eigenvalue weighted by molar-refractivity contribution is 0.0697. The largest absolute Gasteiger partial charge is 0.491 e. The molecule has 0 spiro atoms. The molecule has 0 aromatic heterocycles. The third kappa shape index (κ3) is 3.77. The molecule has 0 radical (unpaired) electrons. The van der Waals surface area contributed by atoms with E-state index in [1.807, 2.05) is 18.2 Å². The average Bonchev–Trinajstić information content (AvgIpc) is 2.57. The maximum atomic E-state index is 11.2. The minimum Gasteiger partial charge on any atom is -0.491 e. The molecule has 4 nitrogen and oxygen atoms in total. The van der Waals surface area contributed by atoms with E-state index in [0.717, 1.165) is 24.3 Å². The topological polar surface area (TPSA) is 58.6 Å². The highest BCUT2D eigenvalue weighted by molar-refractivity contribution is 6.30. The number of halogens is 1. The maximum Gasteiger partial charge on any atom is 0.335 e. The summed E-state index contributed by atoms with van der Waals surface area (Å²) in [6.07, 6.45) is 2.92. The molecule has 23 heavy (non-hydrogen) atoms. The summed E-state index contributed by atoms with van der Waals surface area (Å²) in [7, 11) is 0. The summed E-state index contributed by atoms with van der Waals surface area (Å²) in [5.41, 5.74) is 3.34. The molecule has 3 rings (SSSR count). The third-order valence-electron chi connectivity index (χ3n) is 3.96. The van der Waals surface area contributed by atoms with Crippen molar-refractivity contribution in [1.82, 2.24) is 0 Å². The summed E-state index contributed by atoms with van der Waals surface area (Å²) in [5, 5.41) is 13.2. The van der Waals surface area contributed by atoms with Crippen LogP contribution in [0.3, 0.4) is 0 Å². The minimum atomic E-state index is -0.948. The first-order chi connectivity index (χ1) is 11.1. The van der Waals surface area contributed by atoms with Crippen molar-refractivity contribution in [3.8, 4) is 5.75 Å². The first-order valence-corrected chi connectivity index (χ1v) is 8.02. The van der Waals surface area contributed by atoms with E-state index in [1.54, 1.807) is 18.2 Å². The molecule has 0 saturated carbocycles. The number of hydrogen-bond donors (Lipinski definition) is 2. The van der Waals surface area contributed by atoms with Crippen molar-refractivity contribution in [1.29, 1.82) is 0 Å². The molecule has 0 aliphatic carbocycles. The first kappa shape index (κ1) is 15.7. The summed E-state index contributed by atoms with van der Waals surface area (Å²) in [5.74, 6) is -0.261. The molecule has 120 valence electrons. The van der Waals surface area contributed by atoms with Crippen molar-refractivity contribution in [2.24, 2.45) is 0 Å². The van der Waals surface area contributed by atoms with Crippen LogP contribution in [-0.2, 0) is 13.0 Å². The van der Waals surface area contributed by atoms with E-state index in [0.29, 0.717) is 24.6 Å².